The number of carbonyl (C=O) groups excluding carboxylic acids is 1. The molecular weight excluding hydrogens is 230 g/mol. The van der Waals surface area contributed by atoms with E-state index in [0.29, 0.717) is 24.4 Å². The lowest BCUT2D eigenvalue weighted by atomic mass is 10.1. The highest BCUT2D eigenvalue weighted by Gasteiger charge is 2.29. The fraction of sp³-hybridized carbons (Fsp3) is 0.462. The zero-order valence-corrected chi connectivity index (χ0v) is 10.7. The van der Waals surface area contributed by atoms with Gasteiger partial charge in [-0.3, -0.25) is 10.6 Å². The average Bonchev–Trinajstić information content (AvgIpc) is 2.40. The summed E-state index contributed by atoms with van der Waals surface area (Å²) in [5.74, 6) is 5.43. The lowest BCUT2D eigenvalue weighted by molar-refractivity contribution is -0.0386. The predicted octanol–water partition coefficient (Wildman–Crippen LogP) is 1.22. The van der Waals surface area contributed by atoms with Crippen molar-refractivity contribution >= 4 is 11.6 Å². The summed E-state index contributed by atoms with van der Waals surface area (Å²) in [6.07, 6.45) is 0.0724. The molecular formula is C13H19N3O2. The molecule has 18 heavy (non-hydrogen) atoms. The van der Waals surface area contributed by atoms with Gasteiger partial charge in [-0.2, -0.15) is 0 Å². The number of nitrogens with one attached hydrogen (secondary N) is 1. The molecule has 2 rings (SSSR count). The summed E-state index contributed by atoms with van der Waals surface area (Å²) in [6.45, 7) is 5.14. The zero-order chi connectivity index (χ0) is 13.1. The zero-order valence-electron chi connectivity index (χ0n) is 10.7. The molecule has 1 aliphatic heterocycles. The summed E-state index contributed by atoms with van der Waals surface area (Å²) >= 11 is 0. The molecule has 1 aromatic carbocycles. The van der Waals surface area contributed by atoms with Crippen molar-refractivity contribution in [3.63, 3.8) is 0 Å². The van der Waals surface area contributed by atoms with Crippen molar-refractivity contribution in [1.82, 2.24) is 4.90 Å². The van der Waals surface area contributed by atoms with E-state index < -0.39 is 0 Å². The number of hydrogen-bond donors (Lipinski definition) is 2. The number of ether oxygens (including phenoxy) is 1. The van der Waals surface area contributed by atoms with Gasteiger partial charge in [0.2, 0.25) is 0 Å². The Kier molecular flexibility index (Phi) is 3.84. The van der Waals surface area contributed by atoms with Gasteiger partial charge in [-0.15, -0.1) is 0 Å². The van der Waals surface area contributed by atoms with Gasteiger partial charge in [0.25, 0.3) is 5.91 Å². The highest BCUT2D eigenvalue weighted by atomic mass is 16.5. The van der Waals surface area contributed by atoms with E-state index in [-0.39, 0.29) is 18.1 Å². The third-order valence-corrected chi connectivity index (χ3v) is 3.18. The molecule has 0 spiro atoms. The van der Waals surface area contributed by atoms with Gasteiger partial charge in [0.15, 0.2) is 0 Å². The minimum Gasteiger partial charge on any atom is -0.375 e. The van der Waals surface area contributed by atoms with E-state index in [4.69, 9.17) is 10.6 Å². The number of benzene rings is 1. The highest BCUT2D eigenvalue weighted by molar-refractivity contribution is 5.99. The minimum atomic E-state index is -0.00815. The van der Waals surface area contributed by atoms with E-state index in [2.05, 4.69) is 5.43 Å². The van der Waals surface area contributed by atoms with Gasteiger partial charge in [0, 0.05) is 6.54 Å². The molecule has 0 bridgehead atoms. The number of amides is 1. The van der Waals surface area contributed by atoms with Crippen molar-refractivity contribution in [3.8, 4) is 0 Å². The lowest BCUT2D eigenvalue weighted by Gasteiger charge is -2.37. The number of anilines is 1. The number of para-hydroxylation sites is 1. The Morgan fingerprint density at radius 2 is 2.17 bits per heavy atom. The number of carbonyl (C=O) groups is 1. The number of hydrazine groups is 1. The first-order valence-corrected chi connectivity index (χ1v) is 6.11. The van der Waals surface area contributed by atoms with Gasteiger partial charge in [-0.25, -0.2) is 0 Å². The van der Waals surface area contributed by atoms with E-state index in [9.17, 15) is 4.79 Å². The lowest BCUT2D eigenvalue weighted by Crippen LogP contribution is -2.50. The number of morpholine rings is 1. The molecule has 1 heterocycles. The van der Waals surface area contributed by atoms with Crippen LogP contribution in [0.1, 0.15) is 24.2 Å². The Hall–Kier alpha value is -1.59. The molecule has 3 N–H and O–H groups in total. The van der Waals surface area contributed by atoms with Gasteiger partial charge in [-0.05, 0) is 26.0 Å². The SMILES string of the molecule is CC1CN(C(=O)c2ccccc2NN)C(C)CO1. The summed E-state index contributed by atoms with van der Waals surface area (Å²) in [7, 11) is 0. The second kappa shape index (κ2) is 5.37. The Bertz CT molecular complexity index is 436. The largest absolute Gasteiger partial charge is 0.375 e. The van der Waals surface area contributed by atoms with Crippen LogP contribution < -0.4 is 11.3 Å². The van der Waals surface area contributed by atoms with Crippen molar-refractivity contribution in [1.29, 1.82) is 0 Å². The van der Waals surface area contributed by atoms with E-state index in [1.54, 1.807) is 12.1 Å². The third-order valence-electron chi connectivity index (χ3n) is 3.18. The van der Waals surface area contributed by atoms with E-state index in [0.717, 1.165) is 0 Å². The molecule has 98 valence electrons. The number of nitrogen functional groups attached to an aromatic ring is 1. The van der Waals surface area contributed by atoms with Crippen molar-refractivity contribution in [2.24, 2.45) is 5.84 Å². The summed E-state index contributed by atoms with van der Waals surface area (Å²) in [5, 5.41) is 0. The first kappa shape index (κ1) is 12.9. The summed E-state index contributed by atoms with van der Waals surface area (Å²) in [6, 6.07) is 7.34. The molecule has 0 aromatic heterocycles. The van der Waals surface area contributed by atoms with Gasteiger partial charge >= 0.3 is 0 Å². The second-order valence-corrected chi connectivity index (χ2v) is 4.64. The van der Waals surface area contributed by atoms with Crippen LogP contribution in [0, 0.1) is 0 Å². The van der Waals surface area contributed by atoms with Gasteiger partial charge in [0.05, 0.1) is 30.0 Å². The van der Waals surface area contributed by atoms with Crippen LogP contribution in [0.25, 0.3) is 0 Å². The molecule has 0 saturated carbocycles. The molecule has 0 radical (unpaired) electrons. The average molecular weight is 249 g/mol. The monoisotopic (exact) mass is 249 g/mol. The van der Waals surface area contributed by atoms with Crippen LogP contribution in [0.2, 0.25) is 0 Å². The maximum Gasteiger partial charge on any atom is 0.256 e. The molecule has 5 nitrogen and oxygen atoms in total. The van der Waals surface area contributed by atoms with Crippen molar-refractivity contribution in [2.45, 2.75) is 26.0 Å². The molecule has 2 atom stereocenters. The number of nitrogens with two attached hydrogens (primary N) is 1. The molecule has 1 aromatic rings. The second-order valence-electron chi connectivity index (χ2n) is 4.64. The number of hydrogen-bond acceptors (Lipinski definition) is 4. The van der Waals surface area contributed by atoms with Gasteiger partial charge in [-0.1, -0.05) is 12.1 Å². The van der Waals surface area contributed by atoms with Crippen molar-refractivity contribution in [2.75, 3.05) is 18.6 Å². The fourth-order valence-electron chi connectivity index (χ4n) is 2.14. The van der Waals surface area contributed by atoms with E-state index >= 15 is 0 Å². The van der Waals surface area contributed by atoms with E-state index in [1.807, 2.05) is 30.9 Å². The summed E-state index contributed by atoms with van der Waals surface area (Å²) in [5.41, 5.74) is 3.81. The maximum absolute atomic E-state index is 12.5. The van der Waals surface area contributed by atoms with Gasteiger partial charge < -0.3 is 15.1 Å². The molecule has 5 heteroatoms. The number of rotatable bonds is 2. The topological polar surface area (TPSA) is 67.6 Å². The van der Waals surface area contributed by atoms with Crippen LogP contribution in [0.5, 0.6) is 0 Å². The standard InChI is InChI=1S/C13H19N3O2/c1-9-8-18-10(2)7-16(9)13(17)11-5-3-4-6-12(11)15-14/h3-6,9-10,15H,7-8,14H2,1-2H3. The molecule has 2 unspecified atom stereocenters. The molecule has 1 fully saturated rings. The number of nitrogens with zero attached hydrogens (tertiary/aromatic N) is 1. The van der Waals surface area contributed by atoms with Crippen LogP contribution in [-0.4, -0.2) is 36.1 Å². The minimum absolute atomic E-state index is 0.00815. The van der Waals surface area contributed by atoms with E-state index in [1.165, 1.54) is 0 Å². The third kappa shape index (κ3) is 2.47. The Morgan fingerprint density at radius 1 is 1.44 bits per heavy atom. The fourth-order valence-corrected chi connectivity index (χ4v) is 2.14. The summed E-state index contributed by atoms with van der Waals surface area (Å²) < 4.78 is 5.53. The predicted molar refractivity (Wildman–Crippen MR) is 70.2 cm³/mol. The van der Waals surface area contributed by atoms with Crippen LogP contribution in [0.3, 0.4) is 0 Å². The first-order valence-electron chi connectivity index (χ1n) is 6.11. The Morgan fingerprint density at radius 3 is 2.89 bits per heavy atom. The van der Waals surface area contributed by atoms with Crippen LogP contribution in [-0.2, 0) is 4.74 Å². The quantitative estimate of drug-likeness (QED) is 0.611. The van der Waals surface area contributed by atoms with Crippen LogP contribution in [0.15, 0.2) is 24.3 Å². The van der Waals surface area contributed by atoms with Crippen molar-refractivity contribution in [3.05, 3.63) is 29.8 Å². The van der Waals surface area contributed by atoms with Crippen molar-refractivity contribution < 1.29 is 9.53 Å². The molecule has 1 saturated heterocycles. The Labute approximate surface area is 107 Å². The smallest absolute Gasteiger partial charge is 0.256 e. The van der Waals surface area contributed by atoms with Crippen LogP contribution in [0.4, 0.5) is 5.69 Å². The molecule has 0 aliphatic carbocycles. The van der Waals surface area contributed by atoms with Gasteiger partial charge in [0.1, 0.15) is 0 Å². The maximum atomic E-state index is 12.5. The molecule has 1 amide bonds. The highest BCUT2D eigenvalue weighted by Crippen LogP contribution is 2.20. The summed E-state index contributed by atoms with van der Waals surface area (Å²) in [4.78, 5) is 14.3. The first-order chi connectivity index (χ1) is 8.63. The molecule has 1 aliphatic rings. The normalized spacial score (nSPS) is 23.8. The Balaban J connectivity index is 2.24. The van der Waals surface area contributed by atoms with Crippen LogP contribution >= 0.6 is 0 Å².